The molecule has 0 bridgehead atoms. The Balaban J connectivity index is 0.00000452. The first kappa shape index (κ1) is 36.9. The van der Waals surface area contributed by atoms with Gasteiger partial charge >= 0.3 is 24.2 Å². The SMILES string of the molecule is CC.CC(C)(C)OC(=O)Oc1ccc(CCCOC(=O)CC(=O)OCCCc2ccc(OC(=O)OC(C)(C)C)cc2)cc1. The largest absolute Gasteiger partial charge is 0.514 e. The molecule has 43 heavy (non-hydrogen) atoms. The molecule has 0 heterocycles. The number of rotatable bonds is 12. The predicted molar refractivity (Wildman–Crippen MR) is 161 cm³/mol. The van der Waals surface area contributed by atoms with Crippen molar-refractivity contribution in [2.75, 3.05) is 13.2 Å². The molecule has 0 aromatic heterocycles. The maximum absolute atomic E-state index is 11.9. The Morgan fingerprint density at radius 1 is 0.558 bits per heavy atom. The number of carbonyl (C=O) groups excluding carboxylic acids is 4. The van der Waals surface area contributed by atoms with Crippen LogP contribution in [0.5, 0.6) is 11.5 Å². The average molecular weight is 603 g/mol. The lowest BCUT2D eigenvalue weighted by molar-refractivity contribution is -0.154. The van der Waals surface area contributed by atoms with Gasteiger partial charge < -0.3 is 28.4 Å². The van der Waals surface area contributed by atoms with Crippen LogP contribution in [0.3, 0.4) is 0 Å². The van der Waals surface area contributed by atoms with Gasteiger partial charge in [0.1, 0.15) is 29.1 Å². The van der Waals surface area contributed by atoms with Crippen molar-refractivity contribution in [1.82, 2.24) is 0 Å². The number of benzene rings is 2. The standard InChI is InChI=1S/C31H40O10.C2H6/c1-30(2,3)40-28(34)38-24-15-11-22(12-16-24)9-7-19-36-26(32)21-27(33)37-20-8-10-23-13-17-25(18-14-23)39-29(35)41-31(4,5)6;1-2/h11-18H,7-10,19-21H2,1-6H3;1-2H3. The van der Waals surface area contributed by atoms with Crippen molar-refractivity contribution in [1.29, 1.82) is 0 Å². The van der Waals surface area contributed by atoms with E-state index in [1.165, 1.54) is 0 Å². The summed E-state index contributed by atoms with van der Waals surface area (Å²) in [6.45, 7) is 14.9. The molecule has 10 heteroatoms. The molecule has 2 rings (SSSR count). The fourth-order valence-electron chi connectivity index (χ4n) is 3.33. The van der Waals surface area contributed by atoms with E-state index in [4.69, 9.17) is 28.4 Å². The van der Waals surface area contributed by atoms with Crippen LogP contribution in [0.2, 0.25) is 0 Å². The summed E-state index contributed by atoms with van der Waals surface area (Å²) in [5, 5.41) is 0. The first-order chi connectivity index (χ1) is 20.2. The normalized spacial score (nSPS) is 10.9. The van der Waals surface area contributed by atoms with Crippen LogP contribution in [0, 0.1) is 0 Å². The molecule has 0 aliphatic carbocycles. The van der Waals surface area contributed by atoms with E-state index in [2.05, 4.69) is 0 Å². The van der Waals surface area contributed by atoms with Crippen LogP contribution in [0.4, 0.5) is 9.59 Å². The molecule has 0 unspecified atom stereocenters. The highest BCUT2D eigenvalue weighted by Gasteiger charge is 2.19. The van der Waals surface area contributed by atoms with Crippen LogP contribution in [0.15, 0.2) is 48.5 Å². The van der Waals surface area contributed by atoms with E-state index in [-0.39, 0.29) is 13.2 Å². The third-order valence-electron chi connectivity index (χ3n) is 5.06. The molecule has 0 N–H and O–H groups in total. The van der Waals surface area contributed by atoms with Gasteiger partial charge in [-0.25, -0.2) is 9.59 Å². The molecular formula is C33H46O10. The fourth-order valence-corrected chi connectivity index (χ4v) is 3.33. The van der Waals surface area contributed by atoms with Crippen LogP contribution in [0.1, 0.15) is 85.8 Å². The van der Waals surface area contributed by atoms with Gasteiger partial charge in [-0.05, 0) is 103 Å². The highest BCUT2D eigenvalue weighted by Crippen LogP contribution is 2.17. The minimum Gasteiger partial charge on any atom is -0.465 e. The lowest BCUT2D eigenvalue weighted by Gasteiger charge is -2.18. The van der Waals surface area contributed by atoms with E-state index in [0.717, 1.165) is 11.1 Å². The number of esters is 2. The number of carbonyl (C=O) groups is 4. The second-order valence-electron chi connectivity index (χ2n) is 11.2. The highest BCUT2D eigenvalue weighted by molar-refractivity contribution is 5.91. The molecular weight excluding hydrogens is 556 g/mol. The molecule has 0 aliphatic heterocycles. The Kier molecular flexibility index (Phi) is 15.9. The summed E-state index contributed by atoms with van der Waals surface area (Å²) in [5.41, 5.74) is 0.676. The fraction of sp³-hybridized carbons (Fsp3) is 0.515. The summed E-state index contributed by atoms with van der Waals surface area (Å²) in [7, 11) is 0. The number of hydrogen-bond acceptors (Lipinski definition) is 10. The van der Waals surface area contributed by atoms with Crippen molar-refractivity contribution in [2.45, 2.75) is 98.7 Å². The van der Waals surface area contributed by atoms with Crippen molar-refractivity contribution < 1.29 is 47.6 Å². The van der Waals surface area contributed by atoms with E-state index in [1.54, 1.807) is 65.8 Å². The zero-order valence-electron chi connectivity index (χ0n) is 26.7. The first-order valence-corrected chi connectivity index (χ1v) is 14.5. The predicted octanol–water partition coefficient (Wildman–Crippen LogP) is 7.38. The molecule has 0 amide bonds. The van der Waals surface area contributed by atoms with Crippen LogP contribution < -0.4 is 9.47 Å². The van der Waals surface area contributed by atoms with Gasteiger partial charge in [0.15, 0.2) is 0 Å². The van der Waals surface area contributed by atoms with Crippen molar-refractivity contribution in [3.8, 4) is 11.5 Å². The van der Waals surface area contributed by atoms with Gasteiger partial charge in [-0.2, -0.15) is 0 Å². The molecule has 0 radical (unpaired) electrons. The number of hydrogen-bond donors (Lipinski definition) is 0. The number of aryl methyl sites for hydroxylation is 2. The summed E-state index contributed by atoms with van der Waals surface area (Å²) in [4.78, 5) is 47.3. The van der Waals surface area contributed by atoms with Crippen LogP contribution in [-0.4, -0.2) is 48.7 Å². The lowest BCUT2D eigenvalue weighted by atomic mass is 10.1. The molecule has 238 valence electrons. The summed E-state index contributed by atoms with van der Waals surface area (Å²) in [6.07, 6.45) is 0.414. The lowest BCUT2D eigenvalue weighted by Crippen LogP contribution is -2.25. The van der Waals surface area contributed by atoms with Gasteiger partial charge in [0.25, 0.3) is 0 Å². The Bertz CT molecular complexity index is 1050. The van der Waals surface area contributed by atoms with Gasteiger partial charge in [0.2, 0.25) is 0 Å². The van der Waals surface area contributed by atoms with Crippen molar-refractivity contribution in [2.24, 2.45) is 0 Å². The topological polar surface area (TPSA) is 124 Å². The minimum atomic E-state index is -0.769. The Labute approximate surface area is 254 Å². The summed E-state index contributed by atoms with van der Waals surface area (Å²) in [6, 6.07) is 13.9. The zero-order valence-corrected chi connectivity index (χ0v) is 26.7. The summed E-state index contributed by atoms with van der Waals surface area (Å²) < 4.78 is 30.7. The van der Waals surface area contributed by atoms with E-state index >= 15 is 0 Å². The molecule has 10 nitrogen and oxygen atoms in total. The third-order valence-corrected chi connectivity index (χ3v) is 5.06. The molecule has 0 atom stereocenters. The van der Waals surface area contributed by atoms with Crippen molar-refractivity contribution in [3.63, 3.8) is 0 Å². The molecule has 0 spiro atoms. The van der Waals surface area contributed by atoms with E-state index < -0.39 is 41.9 Å². The maximum atomic E-state index is 11.9. The van der Waals surface area contributed by atoms with E-state index in [9.17, 15) is 19.2 Å². The smallest absolute Gasteiger partial charge is 0.465 e. The number of ether oxygens (including phenoxy) is 6. The van der Waals surface area contributed by atoms with Gasteiger partial charge in [0.05, 0.1) is 13.2 Å². The molecule has 2 aromatic carbocycles. The second-order valence-corrected chi connectivity index (χ2v) is 11.2. The quantitative estimate of drug-likeness (QED) is 0.0799. The van der Waals surface area contributed by atoms with Crippen molar-refractivity contribution >= 4 is 24.2 Å². The summed E-state index contributed by atoms with van der Waals surface area (Å²) in [5.74, 6) is -0.542. The third kappa shape index (κ3) is 18.1. The second kappa shape index (κ2) is 18.5. The van der Waals surface area contributed by atoms with Crippen molar-refractivity contribution in [3.05, 3.63) is 59.7 Å². The minimum absolute atomic E-state index is 0.163. The van der Waals surface area contributed by atoms with Crippen LogP contribution >= 0.6 is 0 Å². The first-order valence-electron chi connectivity index (χ1n) is 14.5. The monoisotopic (exact) mass is 602 g/mol. The molecule has 2 aromatic rings. The highest BCUT2D eigenvalue weighted by atomic mass is 16.7. The van der Waals surface area contributed by atoms with Gasteiger partial charge in [-0.15, -0.1) is 0 Å². The molecule has 0 saturated carbocycles. The van der Waals surface area contributed by atoms with E-state index in [1.807, 2.05) is 38.1 Å². The Morgan fingerprint density at radius 2 is 0.884 bits per heavy atom. The van der Waals surface area contributed by atoms with Gasteiger partial charge in [0, 0.05) is 0 Å². The summed E-state index contributed by atoms with van der Waals surface area (Å²) >= 11 is 0. The average Bonchev–Trinajstić information content (AvgIpc) is 2.90. The zero-order chi connectivity index (χ0) is 32.5. The van der Waals surface area contributed by atoms with Gasteiger partial charge in [-0.3, -0.25) is 9.59 Å². The van der Waals surface area contributed by atoms with Gasteiger partial charge in [-0.1, -0.05) is 38.1 Å². The van der Waals surface area contributed by atoms with Crippen LogP contribution in [-0.2, 0) is 41.4 Å². The molecule has 0 saturated heterocycles. The van der Waals surface area contributed by atoms with Crippen LogP contribution in [0.25, 0.3) is 0 Å². The molecule has 0 fully saturated rings. The maximum Gasteiger partial charge on any atom is 0.514 e. The molecule has 0 aliphatic rings. The van der Waals surface area contributed by atoms with E-state index in [0.29, 0.717) is 37.2 Å². The Hall–Kier alpha value is -4.08. The Morgan fingerprint density at radius 3 is 1.19 bits per heavy atom.